The standard InChI is InChI=1S/C17H22N2O/c1-17(2)12-8-11-10-20-16(19-15(11)14(17)9-12)18-13-6-4-3-5-7-13/h3-7,11-12,14-15H,8-10H2,1-2H3,(H,18,19)/t11-,12+,14-,15-/m0/s1. The van der Waals surface area contributed by atoms with Crippen LogP contribution in [-0.2, 0) is 4.74 Å². The van der Waals surface area contributed by atoms with Crippen molar-refractivity contribution < 1.29 is 4.74 Å². The number of hydrogen-bond acceptors (Lipinski definition) is 3. The molecule has 0 radical (unpaired) electrons. The molecule has 0 aromatic heterocycles. The monoisotopic (exact) mass is 270 g/mol. The predicted molar refractivity (Wildman–Crippen MR) is 80.7 cm³/mol. The van der Waals surface area contributed by atoms with Crippen molar-refractivity contribution in [1.82, 2.24) is 0 Å². The lowest BCUT2D eigenvalue weighted by Crippen LogP contribution is -2.60. The lowest BCUT2D eigenvalue weighted by Gasteiger charge is -2.62. The van der Waals surface area contributed by atoms with Crippen molar-refractivity contribution in [2.45, 2.75) is 32.7 Å². The summed E-state index contributed by atoms with van der Waals surface area (Å²) in [4.78, 5) is 4.90. The van der Waals surface area contributed by atoms with Crippen molar-refractivity contribution >= 4 is 11.7 Å². The molecule has 3 saturated carbocycles. The molecule has 0 saturated heterocycles. The molecule has 1 aromatic rings. The molecule has 1 heterocycles. The molecule has 4 atom stereocenters. The van der Waals surface area contributed by atoms with E-state index in [1.165, 1.54) is 12.8 Å². The Hall–Kier alpha value is -1.51. The highest BCUT2D eigenvalue weighted by atomic mass is 16.5. The van der Waals surface area contributed by atoms with E-state index in [9.17, 15) is 0 Å². The lowest BCUT2D eigenvalue weighted by molar-refractivity contribution is -0.116. The first-order valence-corrected chi connectivity index (χ1v) is 7.67. The smallest absolute Gasteiger partial charge is 0.289 e. The molecule has 3 fully saturated rings. The molecule has 0 unspecified atom stereocenters. The summed E-state index contributed by atoms with van der Waals surface area (Å²) in [7, 11) is 0. The summed E-state index contributed by atoms with van der Waals surface area (Å²) in [5.74, 6) is 2.26. The zero-order valence-corrected chi connectivity index (χ0v) is 12.2. The van der Waals surface area contributed by atoms with Gasteiger partial charge in [-0.15, -0.1) is 0 Å². The zero-order chi connectivity index (χ0) is 13.7. The molecule has 5 rings (SSSR count). The van der Waals surface area contributed by atoms with Gasteiger partial charge in [0, 0.05) is 11.6 Å². The lowest BCUT2D eigenvalue weighted by atomic mass is 9.45. The van der Waals surface area contributed by atoms with Gasteiger partial charge in [0.2, 0.25) is 0 Å². The number of rotatable bonds is 1. The largest absolute Gasteiger partial charge is 0.465 e. The number of para-hydroxylation sites is 1. The van der Waals surface area contributed by atoms with E-state index in [4.69, 9.17) is 9.73 Å². The summed E-state index contributed by atoms with van der Waals surface area (Å²) in [6.07, 6.45) is 2.65. The number of nitrogens with one attached hydrogen (secondary N) is 1. The Kier molecular flexibility index (Phi) is 2.60. The van der Waals surface area contributed by atoms with E-state index in [-0.39, 0.29) is 0 Å². The van der Waals surface area contributed by atoms with Crippen LogP contribution in [0.2, 0.25) is 0 Å². The fraction of sp³-hybridized carbons (Fsp3) is 0.588. The summed E-state index contributed by atoms with van der Waals surface area (Å²) in [5.41, 5.74) is 1.52. The Balaban J connectivity index is 1.55. The molecule has 1 aliphatic heterocycles. The summed E-state index contributed by atoms with van der Waals surface area (Å²) >= 11 is 0. The van der Waals surface area contributed by atoms with E-state index in [1.54, 1.807) is 0 Å². The molecule has 3 nitrogen and oxygen atoms in total. The molecule has 0 amide bonds. The van der Waals surface area contributed by atoms with Crippen molar-refractivity contribution in [1.29, 1.82) is 0 Å². The summed E-state index contributed by atoms with van der Waals surface area (Å²) in [6.45, 7) is 5.65. The van der Waals surface area contributed by atoms with Gasteiger partial charge in [-0.1, -0.05) is 32.0 Å². The average molecular weight is 270 g/mol. The minimum Gasteiger partial charge on any atom is -0.465 e. The van der Waals surface area contributed by atoms with Crippen LogP contribution in [0.3, 0.4) is 0 Å². The van der Waals surface area contributed by atoms with E-state index in [0.29, 0.717) is 23.4 Å². The van der Waals surface area contributed by atoms with Crippen molar-refractivity contribution in [3.05, 3.63) is 30.3 Å². The average Bonchev–Trinajstić information content (AvgIpc) is 2.47. The Labute approximate surface area is 120 Å². The Morgan fingerprint density at radius 3 is 2.75 bits per heavy atom. The maximum Gasteiger partial charge on any atom is 0.289 e. The van der Waals surface area contributed by atoms with Crippen LogP contribution in [0.5, 0.6) is 0 Å². The van der Waals surface area contributed by atoms with Gasteiger partial charge in [-0.05, 0) is 42.2 Å². The van der Waals surface area contributed by atoms with Gasteiger partial charge in [-0.25, -0.2) is 4.99 Å². The first kappa shape index (κ1) is 12.2. The third kappa shape index (κ3) is 1.75. The Bertz CT molecular complexity index is 537. The van der Waals surface area contributed by atoms with Crippen LogP contribution in [0.15, 0.2) is 35.3 Å². The third-order valence-corrected chi connectivity index (χ3v) is 5.75. The topological polar surface area (TPSA) is 33.6 Å². The van der Waals surface area contributed by atoms with Crippen LogP contribution < -0.4 is 5.32 Å². The van der Waals surface area contributed by atoms with Crippen molar-refractivity contribution in [2.24, 2.45) is 28.2 Å². The number of nitrogens with zero attached hydrogens (tertiary/aromatic N) is 1. The van der Waals surface area contributed by atoms with Gasteiger partial charge in [-0.2, -0.15) is 0 Å². The minimum absolute atomic E-state index is 0.454. The number of benzene rings is 1. The molecule has 1 N–H and O–H groups in total. The molecule has 4 aliphatic rings. The van der Waals surface area contributed by atoms with E-state index in [0.717, 1.165) is 24.1 Å². The van der Waals surface area contributed by atoms with Crippen LogP contribution in [-0.4, -0.2) is 18.7 Å². The summed E-state index contributed by atoms with van der Waals surface area (Å²) in [5, 5.41) is 3.31. The molecular formula is C17H22N2O. The number of ether oxygens (including phenoxy) is 1. The van der Waals surface area contributed by atoms with Gasteiger partial charge in [0.1, 0.15) is 0 Å². The maximum atomic E-state index is 5.83. The van der Waals surface area contributed by atoms with Gasteiger partial charge in [-0.3, -0.25) is 0 Å². The molecule has 1 aromatic carbocycles. The maximum absolute atomic E-state index is 5.83. The van der Waals surface area contributed by atoms with Gasteiger partial charge < -0.3 is 10.1 Å². The minimum atomic E-state index is 0.454. The van der Waals surface area contributed by atoms with Crippen molar-refractivity contribution in [3.8, 4) is 0 Å². The third-order valence-electron chi connectivity index (χ3n) is 5.75. The SMILES string of the molecule is CC1(C)[C@@H]2C[C@H]3COC(Nc4ccccc4)=N[C@@H]3[C@@H]1C2. The van der Waals surface area contributed by atoms with Crippen LogP contribution in [0, 0.1) is 23.2 Å². The molecule has 0 spiro atoms. The first-order chi connectivity index (χ1) is 9.64. The van der Waals surface area contributed by atoms with E-state index in [1.807, 2.05) is 30.3 Å². The molecule has 106 valence electrons. The van der Waals surface area contributed by atoms with Crippen molar-refractivity contribution in [3.63, 3.8) is 0 Å². The van der Waals surface area contributed by atoms with Gasteiger partial charge in [0.05, 0.1) is 12.6 Å². The van der Waals surface area contributed by atoms with Crippen LogP contribution in [0.25, 0.3) is 0 Å². The molecule has 2 bridgehead atoms. The van der Waals surface area contributed by atoms with E-state index < -0.39 is 0 Å². The first-order valence-electron chi connectivity index (χ1n) is 7.67. The number of hydrogen-bond donors (Lipinski definition) is 1. The Morgan fingerprint density at radius 2 is 2.00 bits per heavy atom. The fourth-order valence-electron chi connectivity index (χ4n) is 4.30. The highest BCUT2D eigenvalue weighted by Gasteiger charge is 2.58. The second-order valence-electron chi connectivity index (χ2n) is 7.08. The van der Waals surface area contributed by atoms with E-state index >= 15 is 0 Å². The fourth-order valence-corrected chi connectivity index (χ4v) is 4.30. The van der Waals surface area contributed by atoms with Crippen molar-refractivity contribution in [2.75, 3.05) is 11.9 Å². The molecule has 20 heavy (non-hydrogen) atoms. The molecular weight excluding hydrogens is 248 g/mol. The highest BCUT2D eigenvalue weighted by molar-refractivity contribution is 5.89. The quantitative estimate of drug-likeness (QED) is 0.847. The van der Waals surface area contributed by atoms with Crippen LogP contribution >= 0.6 is 0 Å². The Morgan fingerprint density at radius 1 is 1.20 bits per heavy atom. The normalized spacial score (nSPS) is 37.0. The van der Waals surface area contributed by atoms with Gasteiger partial charge >= 0.3 is 0 Å². The van der Waals surface area contributed by atoms with Crippen LogP contribution in [0.4, 0.5) is 5.69 Å². The predicted octanol–water partition coefficient (Wildman–Crippen LogP) is 3.54. The van der Waals surface area contributed by atoms with Gasteiger partial charge in [0.15, 0.2) is 0 Å². The molecule has 3 heteroatoms. The number of amidine groups is 1. The number of aliphatic imine (C=N–C) groups is 1. The number of anilines is 1. The summed E-state index contributed by atoms with van der Waals surface area (Å²) < 4.78 is 5.83. The highest BCUT2D eigenvalue weighted by Crippen LogP contribution is 2.61. The van der Waals surface area contributed by atoms with E-state index in [2.05, 4.69) is 19.2 Å². The molecule has 3 aliphatic carbocycles. The van der Waals surface area contributed by atoms with Crippen LogP contribution in [0.1, 0.15) is 26.7 Å². The zero-order valence-electron chi connectivity index (χ0n) is 12.2. The summed E-state index contributed by atoms with van der Waals surface area (Å²) in [6, 6.07) is 11.3. The second-order valence-corrected chi connectivity index (χ2v) is 7.08. The van der Waals surface area contributed by atoms with Gasteiger partial charge in [0.25, 0.3) is 6.02 Å². The second kappa shape index (κ2) is 4.24.